The molecule has 2 aromatic rings. The van der Waals surface area contributed by atoms with E-state index in [0.717, 1.165) is 11.4 Å². The number of hydrogen-bond acceptors (Lipinski definition) is 5. The molecule has 0 fully saturated rings. The quantitative estimate of drug-likeness (QED) is 0.842. The van der Waals surface area contributed by atoms with Crippen molar-refractivity contribution in [3.8, 4) is 5.69 Å². The molecule has 1 heterocycles. The van der Waals surface area contributed by atoms with Crippen LogP contribution in [0.5, 0.6) is 0 Å². The Morgan fingerprint density at radius 2 is 2.30 bits per heavy atom. The highest BCUT2D eigenvalue weighted by molar-refractivity contribution is 5.88. The number of methoxy groups -OCH3 is 1. The first-order valence-electron chi connectivity index (χ1n) is 6.16. The van der Waals surface area contributed by atoms with Gasteiger partial charge in [-0.25, -0.2) is 4.68 Å². The molecule has 0 atom stereocenters. The Labute approximate surface area is 116 Å². The van der Waals surface area contributed by atoms with Gasteiger partial charge in [-0.05, 0) is 18.2 Å². The lowest BCUT2D eigenvalue weighted by atomic mass is 10.2. The van der Waals surface area contributed by atoms with Crippen molar-refractivity contribution in [1.29, 1.82) is 0 Å². The monoisotopic (exact) mass is 275 g/mol. The molecule has 0 spiro atoms. The van der Waals surface area contributed by atoms with Gasteiger partial charge >= 0.3 is 0 Å². The van der Waals surface area contributed by atoms with E-state index >= 15 is 0 Å². The number of benzene rings is 1. The van der Waals surface area contributed by atoms with Crippen LogP contribution < -0.4 is 11.1 Å². The van der Waals surface area contributed by atoms with E-state index in [1.54, 1.807) is 11.8 Å². The summed E-state index contributed by atoms with van der Waals surface area (Å²) in [6.45, 7) is 2.12. The van der Waals surface area contributed by atoms with Crippen molar-refractivity contribution >= 4 is 11.6 Å². The number of nitrogens with zero attached hydrogens (tertiary/aromatic N) is 3. The largest absolute Gasteiger partial charge is 0.378 e. The SMILES string of the molecule is COCc1c(CN)nnn1-c1cccc(NC(C)=O)c1. The van der Waals surface area contributed by atoms with E-state index < -0.39 is 0 Å². The molecule has 7 heteroatoms. The van der Waals surface area contributed by atoms with Crippen molar-refractivity contribution in [1.82, 2.24) is 15.0 Å². The molecule has 106 valence electrons. The van der Waals surface area contributed by atoms with Crippen molar-refractivity contribution < 1.29 is 9.53 Å². The van der Waals surface area contributed by atoms with Gasteiger partial charge in [-0.2, -0.15) is 0 Å². The predicted octanol–water partition coefficient (Wildman–Crippen LogP) is 0.831. The average Bonchev–Trinajstić information content (AvgIpc) is 2.82. The normalized spacial score (nSPS) is 10.6. The van der Waals surface area contributed by atoms with E-state index in [0.29, 0.717) is 24.5 Å². The average molecular weight is 275 g/mol. The topological polar surface area (TPSA) is 95.1 Å². The highest BCUT2D eigenvalue weighted by atomic mass is 16.5. The van der Waals surface area contributed by atoms with Crippen LogP contribution in [0.3, 0.4) is 0 Å². The minimum Gasteiger partial charge on any atom is -0.378 e. The summed E-state index contributed by atoms with van der Waals surface area (Å²) in [5.41, 5.74) is 8.62. The zero-order valence-corrected chi connectivity index (χ0v) is 11.5. The molecule has 0 aliphatic rings. The van der Waals surface area contributed by atoms with Crippen molar-refractivity contribution in [2.45, 2.75) is 20.1 Å². The Bertz CT molecular complexity index is 609. The van der Waals surface area contributed by atoms with Crippen LogP contribution >= 0.6 is 0 Å². The van der Waals surface area contributed by atoms with Crippen LogP contribution in [0.2, 0.25) is 0 Å². The fourth-order valence-electron chi connectivity index (χ4n) is 1.90. The molecule has 1 amide bonds. The lowest BCUT2D eigenvalue weighted by molar-refractivity contribution is -0.114. The Balaban J connectivity index is 2.40. The molecule has 0 radical (unpaired) electrons. The number of nitrogens with two attached hydrogens (primary N) is 1. The molecule has 0 aliphatic carbocycles. The molecular formula is C13H17N5O2. The second-order valence-electron chi connectivity index (χ2n) is 4.26. The summed E-state index contributed by atoms with van der Waals surface area (Å²) < 4.78 is 6.82. The molecule has 1 aromatic carbocycles. The first-order chi connectivity index (χ1) is 9.65. The Kier molecular flexibility index (Phi) is 4.44. The molecule has 20 heavy (non-hydrogen) atoms. The maximum atomic E-state index is 11.1. The van der Waals surface area contributed by atoms with Gasteiger partial charge in [0.2, 0.25) is 5.91 Å². The summed E-state index contributed by atoms with van der Waals surface area (Å²) >= 11 is 0. The summed E-state index contributed by atoms with van der Waals surface area (Å²) in [6.07, 6.45) is 0. The fourth-order valence-corrected chi connectivity index (χ4v) is 1.90. The van der Waals surface area contributed by atoms with E-state index in [1.807, 2.05) is 24.3 Å². The van der Waals surface area contributed by atoms with E-state index in [-0.39, 0.29) is 5.91 Å². The molecular weight excluding hydrogens is 258 g/mol. The number of aromatic nitrogens is 3. The van der Waals surface area contributed by atoms with Crippen LogP contribution in [-0.4, -0.2) is 28.0 Å². The lowest BCUT2D eigenvalue weighted by Crippen LogP contribution is -2.09. The highest BCUT2D eigenvalue weighted by Crippen LogP contribution is 2.17. The van der Waals surface area contributed by atoms with Crippen molar-refractivity contribution in [3.63, 3.8) is 0 Å². The second-order valence-corrected chi connectivity index (χ2v) is 4.26. The minimum atomic E-state index is -0.125. The smallest absolute Gasteiger partial charge is 0.221 e. The maximum absolute atomic E-state index is 11.1. The Morgan fingerprint density at radius 1 is 1.50 bits per heavy atom. The summed E-state index contributed by atoms with van der Waals surface area (Å²) in [5, 5.41) is 10.9. The molecule has 0 bridgehead atoms. The second kappa shape index (κ2) is 6.27. The number of carbonyl (C=O) groups is 1. The minimum absolute atomic E-state index is 0.125. The lowest BCUT2D eigenvalue weighted by Gasteiger charge is -2.09. The number of amides is 1. The van der Waals surface area contributed by atoms with Gasteiger partial charge in [-0.3, -0.25) is 4.79 Å². The van der Waals surface area contributed by atoms with E-state index in [4.69, 9.17) is 10.5 Å². The summed E-state index contributed by atoms with van der Waals surface area (Å²) in [4.78, 5) is 11.1. The van der Waals surface area contributed by atoms with E-state index in [2.05, 4.69) is 15.6 Å². The molecule has 0 aliphatic heterocycles. The third-order valence-corrected chi connectivity index (χ3v) is 2.73. The van der Waals surface area contributed by atoms with Crippen LogP contribution in [0.4, 0.5) is 5.69 Å². The number of rotatable bonds is 5. The van der Waals surface area contributed by atoms with Gasteiger partial charge in [-0.15, -0.1) is 5.10 Å². The van der Waals surface area contributed by atoms with E-state index in [9.17, 15) is 4.79 Å². The zero-order valence-electron chi connectivity index (χ0n) is 11.5. The molecule has 0 unspecified atom stereocenters. The molecule has 0 saturated heterocycles. The standard InChI is InChI=1S/C13H17N5O2/c1-9(19)15-10-4-3-5-11(6-10)18-13(8-20-2)12(7-14)16-17-18/h3-6H,7-8,14H2,1-2H3,(H,15,19). The van der Waals surface area contributed by atoms with Gasteiger partial charge < -0.3 is 15.8 Å². The molecule has 7 nitrogen and oxygen atoms in total. The third kappa shape index (κ3) is 3.01. The predicted molar refractivity (Wildman–Crippen MR) is 74.3 cm³/mol. The maximum Gasteiger partial charge on any atom is 0.221 e. The number of hydrogen-bond donors (Lipinski definition) is 2. The molecule has 3 N–H and O–H groups in total. The third-order valence-electron chi connectivity index (χ3n) is 2.73. The van der Waals surface area contributed by atoms with Crippen LogP contribution in [-0.2, 0) is 22.7 Å². The number of nitrogens with one attached hydrogen (secondary N) is 1. The number of anilines is 1. The molecule has 0 saturated carbocycles. The van der Waals surface area contributed by atoms with Crippen molar-refractivity contribution in [3.05, 3.63) is 35.7 Å². The van der Waals surface area contributed by atoms with Crippen LogP contribution in [0.25, 0.3) is 5.69 Å². The number of ether oxygens (including phenoxy) is 1. The summed E-state index contributed by atoms with van der Waals surface area (Å²) in [6, 6.07) is 7.33. The van der Waals surface area contributed by atoms with Crippen LogP contribution in [0.1, 0.15) is 18.3 Å². The molecule has 2 rings (SSSR count). The van der Waals surface area contributed by atoms with E-state index in [1.165, 1.54) is 6.92 Å². The van der Waals surface area contributed by atoms with Crippen LogP contribution in [0, 0.1) is 0 Å². The van der Waals surface area contributed by atoms with Crippen molar-refractivity contribution in [2.75, 3.05) is 12.4 Å². The first kappa shape index (κ1) is 14.2. The van der Waals surface area contributed by atoms with Gasteiger partial charge in [0.15, 0.2) is 0 Å². The number of carbonyl (C=O) groups excluding carboxylic acids is 1. The fraction of sp³-hybridized carbons (Fsp3) is 0.308. The van der Waals surface area contributed by atoms with Crippen molar-refractivity contribution in [2.24, 2.45) is 5.73 Å². The highest BCUT2D eigenvalue weighted by Gasteiger charge is 2.13. The van der Waals surface area contributed by atoms with Gasteiger partial charge in [0, 0.05) is 26.3 Å². The van der Waals surface area contributed by atoms with Gasteiger partial charge in [-0.1, -0.05) is 11.3 Å². The summed E-state index contributed by atoms with van der Waals surface area (Å²) in [7, 11) is 1.60. The van der Waals surface area contributed by atoms with Gasteiger partial charge in [0.25, 0.3) is 0 Å². The molecule has 1 aromatic heterocycles. The Morgan fingerprint density at radius 3 is 2.95 bits per heavy atom. The Hall–Kier alpha value is -2.25. The van der Waals surface area contributed by atoms with Gasteiger partial charge in [0.1, 0.15) is 5.69 Å². The van der Waals surface area contributed by atoms with Crippen LogP contribution in [0.15, 0.2) is 24.3 Å². The summed E-state index contributed by atoms with van der Waals surface area (Å²) in [5.74, 6) is -0.125. The first-order valence-corrected chi connectivity index (χ1v) is 6.16. The van der Waals surface area contributed by atoms with Gasteiger partial charge in [0.05, 0.1) is 18.0 Å². The zero-order chi connectivity index (χ0) is 14.5.